The second-order valence-electron chi connectivity index (χ2n) is 3.26. The summed E-state index contributed by atoms with van der Waals surface area (Å²) in [4.78, 5) is 11.7. The first-order valence-electron chi connectivity index (χ1n) is 4.85. The third-order valence-electron chi connectivity index (χ3n) is 1.95. The van der Waals surface area contributed by atoms with E-state index in [0.29, 0.717) is 6.42 Å². The van der Waals surface area contributed by atoms with Gasteiger partial charge in [0.2, 0.25) is 0 Å². The van der Waals surface area contributed by atoms with Gasteiger partial charge in [-0.1, -0.05) is 0 Å². The van der Waals surface area contributed by atoms with Crippen molar-refractivity contribution in [3.63, 3.8) is 0 Å². The fourth-order valence-electron chi connectivity index (χ4n) is 1.09. The Balaban J connectivity index is 2.41. The van der Waals surface area contributed by atoms with Crippen molar-refractivity contribution in [2.75, 3.05) is 0 Å². The zero-order valence-electron chi connectivity index (χ0n) is 8.69. The molecule has 0 fully saturated rings. The van der Waals surface area contributed by atoms with Gasteiger partial charge in [-0.3, -0.25) is 0 Å². The van der Waals surface area contributed by atoms with Crippen molar-refractivity contribution < 1.29 is 4.79 Å². The van der Waals surface area contributed by atoms with Crippen molar-refractivity contribution in [2.45, 2.75) is 25.1 Å². The maximum atomic E-state index is 11.7. The number of aryl methyl sites for hydroxylation is 1. The molecule has 0 aromatic heterocycles. The van der Waals surface area contributed by atoms with Crippen molar-refractivity contribution in [1.29, 1.82) is 5.26 Å². The van der Waals surface area contributed by atoms with Crippen molar-refractivity contribution in [3.8, 4) is 6.07 Å². The average molecular weight is 266 g/mol. The first-order chi connectivity index (χ1) is 7.24. The van der Waals surface area contributed by atoms with Crippen LogP contribution >= 0.6 is 0 Å². The Kier molecular flexibility index (Phi) is 5.10. The zero-order valence-corrected chi connectivity index (χ0v) is 10.4. The van der Waals surface area contributed by atoms with E-state index < -0.39 is 0 Å². The second kappa shape index (κ2) is 6.40. The van der Waals surface area contributed by atoms with Crippen LogP contribution < -0.4 is 0 Å². The minimum absolute atomic E-state index is 0.00783. The van der Waals surface area contributed by atoms with Crippen LogP contribution in [0, 0.1) is 18.3 Å². The standard InChI is InChI=1S/C12H13NOSe/c1-10-4-6-11(7-5-10)12(14)15-9-3-2-8-13/h4-7H,2-3,9H2,1H3. The van der Waals surface area contributed by atoms with E-state index in [0.717, 1.165) is 17.3 Å². The molecular formula is C12H13NOSe. The van der Waals surface area contributed by atoms with Crippen molar-refractivity contribution >= 4 is 19.6 Å². The van der Waals surface area contributed by atoms with Crippen LogP contribution in [0.2, 0.25) is 5.32 Å². The topological polar surface area (TPSA) is 40.9 Å². The van der Waals surface area contributed by atoms with Gasteiger partial charge >= 0.3 is 96.2 Å². The van der Waals surface area contributed by atoms with E-state index in [-0.39, 0.29) is 19.6 Å². The Labute approximate surface area is 96.5 Å². The molecule has 0 aliphatic rings. The molecule has 0 aliphatic carbocycles. The van der Waals surface area contributed by atoms with Gasteiger partial charge in [-0.25, -0.2) is 0 Å². The van der Waals surface area contributed by atoms with Gasteiger partial charge in [0.25, 0.3) is 0 Å². The molecule has 2 nitrogen and oxygen atoms in total. The van der Waals surface area contributed by atoms with E-state index in [4.69, 9.17) is 5.26 Å². The number of carbonyl (C=O) groups excluding carboxylic acids is 1. The second-order valence-corrected chi connectivity index (χ2v) is 5.50. The Morgan fingerprint density at radius 3 is 2.67 bits per heavy atom. The molecule has 0 radical (unpaired) electrons. The molecule has 0 saturated carbocycles. The number of carbonyl (C=O) groups is 1. The summed E-state index contributed by atoms with van der Waals surface area (Å²) in [6.45, 7) is 2.01. The van der Waals surface area contributed by atoms with Gasteiger partial charge in [0, 0.05) is 0 Å². The number of hydrogen-bond acceptors (Lipinski definition) is 2. The minimum atomic E-state index is -0.00783. The van der Waals surface area contributed by atoms with Crippen LogP contribution in [0.3, 0.4) is 0 Å². The molecule has 1 aromatic rings. The summed E-state index contributed by atoms with van der Waals surface area (Å²) in [6, 6.07) is 9.76. The molecule has 0 spiro atoms. The van der Waals surface area contributed by atoms with Gasteiger partial charge in [-0.2, -0.15) is 0 Å². The van der Waals surface area contributed by atoms with E-state index in [9.17, 15) is 4.79 Å². The van der Waals surface area contributed by atoms with Gasteiger partial charge in [0.05, 0.1) is 0 Å². The molecule has 3 heteroatoms. The zero-order chi connectivity index (χ0) is 11.1. The summed E-state index contributed by atoms with van der Waals surface area (Å²) in [7, 11) is 0. The summed E-state index contributed by atoms with van der Waals surface area (Å²) in [5.74, 6) is 0. The van der Waals surface area contributed by atoms with Crippen LogP contribution in [-0.2, 0) is 0 Å². The molecule has 0 N–H and O–H groups in total. The van der Waals surface area contributed by atoms with Crippen LogP contribution in [0.4, 0.5) is 0 Å². The monoisotopic (exact) mass is 267 g/mol. The third-order valence-corrected chi connectivity index (χ3v) is 4.03. The molecule has 0 heterocycles. The summed E-state index contributed by atoms with van der Waals surface area (Å²) in [5, 5.41) is 9.22. The molecule has 0 saturated heterocycles. The molecular weight excluding hydrogens is 253 g/mol. The number of nitriles is 1. The number of benzene rings is 1. The normalized spacial score (nSPS) is 9.60. The maximum absolute atomic E-state index is 11.7. The van der Waals surface area contributed by atoms with E-state index in [1.54, 1.807) is 0 Å². The molecule has 0 aliphatic heterocycles. The SMILES string of the molecule is Cc1ccc(C(=O)[Se]CCCC#N)cc1. The summed E-state index contributed by atoms with van der Waals surface area (Å²) in [5.41, 5.74) is 1.97. The molecule has 1 aromatic carbocycles. The van der Waals surface area contributed by atoms with Gasteiger partial charge in [-0.05, 0) is 0 Å². The first kappa shape index (κ1) is 12.0. The molecule has 0 amide bonds. The molecule has 0 atom stereocenters. The van der Waals surface area contributed by atoms with Crippen LogP contribution in [0.5, 0.6) is 0 Å². The van der Waals surface area contributed by atoms with Gasteiger partial charge < -0.3 is 0 Å². The number of nitrogens with zero attached hydrogens (tertiary/aromatic N) is 1. The fraction of sp³-hybridized carbons (Fsp3) is 0.333. The van der Waals surface area contributed by atoms with Crippen molar-refractivity contribution in [3.05, 3.63) is 35.4 Å². The Morgan fingerprint density at radius 1 is 1.40 bits per heavy atom. The van der Waals surface area contributed by atoms with Gasteiger partial charge in [0.15, 0.2) is 0 Å². The Bertz CT molecular complexity index is 364. The average Bonchev–Trinajstić information content (AvgIpc) is 2.25. The van der Waals surface area contributed by atoms with E-state index in [1.807, 2.05) is 31.2 Å². The molecule has 0 unspecified atom stereocenters. The van der Waals surface area contributed by atoms with Gasteiger partial charge in [-0.15, -0.1) is 0 Å². The first-order valence-corrected chi connectivity index (χ1v) is 6.91. The predicted molar refractivity (Wildman–Crippen MR) is 60.9 cm³/mol. The number of hydrogen-bond donors (Lipinski definition) is 0. The quantitative estimate of drug-likeness (QED) is 0.607. The van der Waals surface area contributed by atoms with Crippen LogP contribution in [0.15, 0.2) is 24.3 Å². The molecule has 78 valence electrons. The van der Waals surface area contributed by atoms with E-state index in [2.05, 4.69) is 6.07 Å². The summed E-state index contributed by atoms with van der Waals surface area (Å²) < 4.78 is 0.237. The van der Waals surface area contributed by atoms with Crippen molar-refractivity contribution in [2.24, 2.45) is 0 Å². The van der Waals surface area contributed by atoms with Crippen molar-refractivity contribution in [1.82, 2.24) is 0 Å². The van der Waals surface area contributed by atoms with Crippen LogP contribution in [-0.4, -0.2) is 19.6 Å². The van der Waals surface area contributed by atoms with Crippen LogP contribution in [0.1, 0.15) is 28.8 Å². The molecule has 15 heavy (non-hydrogen) atoms. The van der Waals surface area contributed by atoms with E-state index in [1.165, 1.54) is 5.56 Å². The fourth-order valence-corrected chi connectivity index (χ4v) is 2.72. The summed E-state index contributed by atoms with van der Waals surface area (Å²) >= 11 is -0.00783. The van der Waals surface area contributed by atoms with Gasteiger partial charge in [0.1, 0.15) is 0 Å². The summed E-state index contributed by atoms with van der Waals surface area (Å²) in [6.07, 6.45) is 1.40. The van der Waals surface area contributed by atoms with Crippen LogP contribution in [0.25, 0.3) is 0 Å². The molecule has 0 bridgehead atoms. The third kappa shape index (κ3) is 4.29. The Hall–Kier alpha value is -1.10. The molecule has 1 rings (SSSR count). The number of rotatable bonds is 5. The van der Waals surface area contributed by atoms with E-state index >= 15 is 0 Å². The predicted octanol–water partition coefficient (Wildman–Crippen LogP) is 2.56. The Morgan fingerprint density at radius 2 is 2.07 bits per heavy atom. The number of unbranched alkanes of at least 4 members (excludes halogenated alkanes) is 1.